The monoisotopic (exact) mass is 268 g/mol. The highest BCUT2D eigenvalue weighted by Gasteiger charge is 2.18. The quantitative estimate of drug-likeness (QED) is 0.917. The Balaban J connectivity index is 2.21. The van der Waals surface area contributed by atoms with Gasteiger partial charge in [-0.3, -0.25) is 9.36 Å². The van der Waals surface area contributed by atoms with E-state index in [2.05, 4.69) is 10.2 Å². The van der Waals surface area contributed by atoms with Gasteiger partial charge in [-0.2, -0.15) is 10.2 Å². The van der Waals surface area contributed by atoms with E-state index in [9.17, 15) is 5.11 Å². The summed E-state index contributed by atoms with van der Waals surface area (Å²) in [6, 6.07) is 0. The van der Waals surface area contributed by atoms with Crippen LogP contribution in [0.25, 0.3) is 0 Å². The van der Waals surface area contributed by atoms with Crippen LogP contribution >= 0.6 is 11.6 Å². The fraction of sp³-hybridized carbons (Fsp3) is 0.500. The van der Waals surface area contributed by atoms with Gasteiger partial charge in [0.2, 0.25) is 0 Å². The van der Waals surface area contributed by atoms with Crippen molar-refractivity contribution in [3.8, 4) is 0 Å². The Morgan fingerprint density at radius 2 is 2.17 bits per heavy atom. The summed E-state index contributed by atoms with van der Waals surface area (Å²) in [5.41, 5.74) is 2.50. The van der Waals surface area contributed by atoms with Crippen LogP contribution in [0.5, 0.6) is 0 Å². The molecule has 2 rings (SSSR count). The topological polar surface area (TPSA) is 55.9 Å². The predicted molar refractivity (Wildman–Crippen MR) is 69.5 cm³/mol. The van der Waals surface area contributed by atoms with Crippen molar-refractivity contribution in [1.82, 2.24) is 19.6 Å². The normalized spacial score (nSPS) is 12.9. The van der Waals surface area contributed by atoms with Crippen LogP contribution in [0.3, 0.4) is 0 Å². The van der Waals surface area contributed by atoms with Crippen molar-refractivity contribution in [1.29, 1.82) is 0 Å². The first-order chi connectivity index (χ1) is 8.52. The van der Waals surface area contributed by atoms with Crippen molar-refractivity contribution in [2.45, 2.75) is 25.9 Å². The van der Waals surface area contributed by atoms with E-state index in [1.807, 2.05) is 21.0 Å². The maximum Gasteiger partial charge on any atom is 0.0876 e. The van der Waals surface area contributed by atoms with Crippen molar-refractivity contribution >= 4 is 11.6 Å². The standard InChI is InChI=1S/C12H17ClN4O/c1-4-9-12(13)10(17(3)15-9)5-11(18)8-6-14-16(2)7-8/h6-7,11,18H,4-5H2,1-3H3. The number of aromatic nitrogens is 4. The van der Waals surface area contributed by atoms with Gasteiger partial charge in [-0.15, -0.1) is 0 Å². The van der Waals surface area contributed by atoms with E-state index in [-0.39, 0.29) is 0 Å². The maximum atomic E-state index is 10.2. The molecule has 0 spiro atoms. The molecule has 0 aliphatic heterocycles. The van der Waals surface area contributed by atoms with Crippen LogP contribution in [0.1, 0.15) is 30.0 Å². The zero-order valence-corrected chi connectivity index (χ0v) is 11.5. The molecule has 1 atom stereocenters. The lowest BCUT2D eigenvalue weighted by molar-refractivity contribution is 0.175. The Bertz CT molecular complexity index is 546. The molecule has 0 saturated carbocycles. The van der Waals surface area contributed by atoms with Crippen LogP contribution in [0, 0.1) is 0 Å². The lowest BCUT2D eigenvalue weighted by atomic mass is 10.1. The fourth-order valence-electron chi connectivity index (χ4n) is 1.95. The molecule has 0 bridgehead atoms. The molecule has 0 aromatic carbocycles. The average Bonchev–Trinajstić information content (AvgIpc) is 2.87. The van der Waals surface area contributed by atoms with Gasteiger partial charge in [-0.25, -0.2) is 0 Å². The van der Waals surface area contributed by atoms with Gasteiger partial charge in [0.15, 0.2) is 0 Å². The summed E-state index contributed by atoms with van der Waals surface area (Å²) in [6.45, 7) is 2.01. The molecule has 18 heavy (non-hydrogen) atoms. The van der Waals surface area contributed by atoms with Crippen molar-refractivity contribution in [3.05, 3.63) is 34.4 Å². The lowest BCUT2D eigenvalue weighted by Crippen LogP contribution is -2.06. The lowest BCUT2D eigenvalue weighted by Gasteiger charge is -2.09. The molecule has 2 heterocycles. The van der Waals surface area contributed by atoms with E-state index in [1.165, 1.54) is 0 Å². The van der Waals surface area contributed by atoms with E-state index in [0.29, 0.717) is 11.4 Å². The molecule has 5 nitrogen and oxygen atoms in total. The average molecular weight is 269 g/mol. The first-order valence-electron chi connectivity index (χ1n) is 5.89. The number of halogens is 1. The number of nitrogens with zero attached hydrogens (tertiary/aromatic N) is 4. The second-order valence-corrected chi connectivity index (χ2v) is 4.73. The predicted octanol–water partition coefficient (Wildman–Crippen LogP) is 1.65. The van der Waals surface area contributed by atoms with Crippen LogP contribution in [-0.4, -0.2) is 24.7 Å². The number of aliphatic hydroxyl groups excluding tert-OH is 1. The maximum absolute atomic E-state index is 10.2. The third-order valence-corrected chi connectivity index (χ3v) is 3.44. The molecule has 0 radical (unpaired) electrons. The van der Waals surface area contributed by atoms with Gasteiger partial charge in [0.05, 0.1) is 28.7 Å². The Morgan fingerprint density at radius 3 is 2.67 bits per heavy atom. The molecule has 0 aliphatic carbocycles. The van der Waals surface area contributed by atoms with Gasteiger partial charge in [-0.05, 0) is 6.42 Å². The van der Waals surface area contributed by atoms with Crippen molar-refractivity contribution < 1.29 is 5.11 Å². The highest BCUT2D eigenvalue weighted by molar-refractivity contribution is 6.31. The van der Waals surface area contributed by atoms with Gasteiger partial charge >= 0.3 is 0 Å². The SMILES string of the molecule is CCc1nn(C)c(CC(O)c2cnn(C)c2)c1Cl. The van der Waals surface area contributed by atoms with Crippen molar-refractivity contribution in [2.75, 3.05) is 0 Å². The van der Waals surface area contributed by atoms with Crippen molar-refractivity contribution in [2.24, 2.45) is 14.1 Å². The Kier molecular flexibility index (Phi) is 3.73. The minimum Gasteiger partial charge on any atom is -0.388 e. The zero-order valence-electron chi connectivity index (χ0n) is 10.8. The van der Waals surface area contributed by atoms with E-state index >= 15 is 0 Å². The van der Waals surface area contributed by atoms with Crippen LogP contribution in [0.4, 0.5) is 0 Å². The largest absolute Gasteiger partial charge is 0.388 e. The molecule has 1 unspecified atom stereocenters. The molecule has 0 saturated heterocycles. The number of aliphatic hydroxyl groups is 1. The molecule has 6 heteroatoms. The smallest absolute Gasteiger partial charge is 0.0876 e. The van der Waals surface area contributed by atoms with Crippen LogP contribution in [0.15, 0.2) is 12.4 Å². The van der Waals surface area contributed by atoms with E-state index in [1.54, 1.807) is 21.8 Å². The Hall–Kier alpha value is -1.33. The van der Waals surface area contributed by atoms with Gasteiger partial charge in [0.1, 0.15) is 0 Å². The highest BCUT2D eigenvalue weighted by Crippen LogP contribution is 2.26. The summed E-state index contributed by atoms with van der Waals surface area (Å²) in [5.74, 6) is 0. The Labute approximate surface area is 111 Å². The number of hydrogen-bond acceptors (Lipinski definition) is 3. The molecule has 0 aliphatic rings. The Morgan fingerprint density at radius 1 is 1.44 bits per heavy atom. The summed E-state index contributed by atoms with van der Waals surface area (Å²) in [4.78, 5) is 0. The van der Waals surface area contributed by atoms with Gasteiger partial charge < -0.3 is 5.11 Å². The van der Waals surface area contributed by atoms with Gasteiger partial charge in [0, 0.05) is 32.3 Å². The molecule has 2 aromatic heterocycles. The number of rotatable bonds is 4. The molecular formula is C12H17ClN4O. The number of aryl methyl sites for hydroxylation is 3. The second-order valence-electron chi connectivity index (χ2n) is 4.35. The first-order valence-corrected chi connectivity index (χ1v) is 6.27. The molecule has 1 N–H and O–H groups in total. The minimum absolute atomic E-state index is 0.439. The number of hydrogen-bond donors (Lipinski definition) is 1. The third kappa shape index (κ3) is 2.42. The molecule has 0 fully saturated rings. The fourth-order valence-corrected chi connectivity index (χ4v) is 2.33. The summed E-state index contributed by atoms with van der Waals surface area (Å²) in [6.07, 6.45) is 4.07. The van der Waals surface area contributed by atoms with E-state index in [4.69, 9.17) is 11.6 Å². The molecule has 98 valence electrons. The summed E-state index contributed by atoms with van der Waals surface area (Å²) in [5, 5.41) is 19.2. The van der Waals surface area contributed by atoms with Gasteiger partial charge in [-0.1, -0.05) is 18.5 Å². The molecular weight excluding hydrogens is 252 g/mol. The van der Waals surface area contributed by atoms with Crippen molar-refractivity contribution in [3.63, 3.8) is 0 Å². The third-order valence-electron chi connectivity index (χ3n) is 3.00. The summed E-state index contributed by atoms with van der Waals surface area (Å²) < 4.78 is 3.40. The first kappa shape index (κ1) is 13.1. The van der Waals surface area contributed by atoms with Gasteiger partial charge in [0.25, 0.3) is 0 Å². The van der Waals surface area contributed by atoms with Crippen LogP contribution < -0.4 is 0 Å². The minimum atomic E-state index is -0.615. The summed E-state index contributed by atoms with van der Waals surface area (Å²) >= 11 is 6.25. The molecule has 2 aromatic rings. The summed E-state index contributed by atoms with van der Waals surface area (Å²) in [7, 11) is 3.67. The zero-order chi connectivity index (χ0) is 13.3. The van der Waals surface area contributed by atoms with E-state index < -0.39 is 6.10 Å². The highest BCUT2D eigenvalue weighted by atomic mass is 35.5. The molecule has 0 amide bonds. The van der Waals surface area contributed by atoms with E-state index in [0.717, 1.165) is 23.4 Å². The van der Waals surface area contributed by atoms with Crippen LogP contribution in [0.2, 0.25) is 5.02 Å². The van der Waals surface area contributed by atoms with Crippen LogP contribution in [-0.2, 0) is 26.9 Å². The second kappa shape index (κ2) is 5.12.